The molecule has 5 aromatic rings. The van der Waals surface area contributed by atoms with Crippen LogP contribution in [-0.2, 0) is 5.41 Å². The van der Waals surface area contributed by atoms with E-state index in [0.29, 0.717) is 12.0 Å². The number of hydrogen-bond donors (Lipinski definition) is 2. The van der Waals surface area contributed by atoms with Gasteiger partial charge in [-0.1, -0.05) is 104 Å². The smallest absolute Gasteiger partial charge is 0.132 e. The van der Waals surface area contributed by atoms with Gasteiger partial charge in [0.2, 0.25) is 0 Å². The number of ether oxygens (including phenoxy) is 1. The van der Waals surface area contributed by atoms with Gasteiger partial charge < -0.3 is 14.6 Å². The molecule has 52 heavy (non-hydrogen) atoms. The van der Waals surface area contributed by atoms with Crippen LogP contribution in [0.4, 0.5) is 0 Å². The fourth-order valence-corrected chi connectivity index (χ4v) is 9.88. The largest absolute Gasteiger partial charge is 0.457 e. The van der Waals surface area contributed by atoms with Crippen molar-refractivity contribution in [1.29, 1.82) is 0 Å². The zero-order valence-corrected chi connectivity index (χ0v) is 29.3. The highest BCUT2D eigenvalue weighted by molar-refractivity contribution is 6.11. The van der Waals surface area contributed by atoms with E-state index in [9.17, 15) is 0 Å². The molecule has 0 spiro atoms. The summed E-state index contributed by atoms with van der Waals surface area (Å²) in [5.74, 6) is 2.38. The van der Waals surface area contributed by atoms with Crippen molar-refractivity contribution in [3.8, 4) is 11.5 Å². The Labute approximate surface area is 304 Å². The van der Waals surface area contributed by atoms with Gasteiger partial charge in [-0.3, -0.25) is 5.32 Å². The van der Waals surface area contributed by atoms with E-state index < -0.39 is 0 Å². The molecule has 0 saturated carbocycles. The van der Waals surface area contributed by atoms with Crippen LogP contribution in [-0.4, -0.2) is 16.7 Å². The van der Waals surface area contributed by atoms with E-state index in [4.69, 9.17) is 4.74 Å². The molecule has 6 atom stereocenters. The van der Waals surface area contributed by atoms with Crippen LogP contribution in [0.25, 0.3) is 27.5 Å². The van der Waals surface area contributed by atoms with Crippen molar-refractivity contribution in [1.82, 2.24) is 15.2 Å². The zero-order chi connectivity index (χ0) is 34.4. The summed E-state index contributed by atoms with van der Waals surface area (Å²) in [5, 5.41) is 10.6. The number of fused-ring (bicyclic) bond motifs is 10. The Morgan fingerprint density at radius 2 is 1.71 bits per heavy atom. The molecule has 0 saturated heterocycles. The first-order valence-electron chi connectivity index (χ1n) is 19.0. The SMILES string of the molecule is CC12C=C=CC1c1ccccc1Oc1cc3c4ccccc4n(C4=CC(C5C=CC6C=CC7=C(NC(c8ccccc8)CC7)C6N5)=CCC4)c3cc12. The van der Waals surface area contributed by atoms with Crippen molar-refractivity contribution in [2.75, 3.05) is 0 Å². The summed E-state index contributed by atoms with van der Waals surface area (Å²) >= 11 is 0. The van der Waals surface area contributed by atoms with Gasteiger partial charge in [-0.2, -0.15) is 0 Å². The van der Waals surface area contributed by atoms with Crippen LogP contribution in [0.3, 0.4) is 0 Å². The first-order valence-corrected chi connectivity index (χ1v) is 19.0. The summed E-state index contributed by atoms with van der Waals surface area (Å²) in [6, 6.07) is 33.7. The Kier molecular flexibility index (Phi) is 6.65. The number of benzene rings is 4. The molecule has 11 rings (SSSR count). The minimum atomic E-state index is -0.259. The minimum absolute atomic E-state index is 0.140. The molecule has 4 heteroatoms. The lowest BCUT2D eigenvalue weighted by Crippen LogP contribution is -2.51. The van der Waals surface area contributed by atoms with E-state index in [2.05, 4.69) is 167 Å². The normalized spacial score (nSPS) is 28.2. The zero-order valence-electron chi connectivity index (χ0n) is 29.3. The van der Waals surface area contributed by atoms with E-state index in [-0.39, 0.29) is 23.4 Å². The van der Waals surface area contributed by atoms with Gasteiger partial charge in [-0.15, -0.1) is 5.73 Å². The quantitative estimate of drug-likeness (QED) is 0.148. The molecular formula is C48H41N3O. The average Bonchev–Trinajstić information content (AvgIpc) is 3.72. The van der Waals surface area contributed by atoms with Gasteiger partial charge in [0.15, 0.2) is 0 Å². The molecule has 4 heterocycles. The number of rotatable bonds is 3. The maximum atomic E-state index is 6.79. The highest BCUT2D eigenvalue weighted by Crippen LogP contribution is 2.54. The van der Waals surface area contributed by atoms with Gasteiger partial charge in [0.25, 0.3) is 0 Å². The van der Waals surface area contributed by atoms with Gasteiger partial charge in [-0.05, 0) is 84.9 Å². The van der Waals surface area contributed by atoms with E-state index in [1.807, 2.05) is 0 Å². The van der Waals surface area contributed by atoms with Crippen LogP contribution in [0, 0.1) is 5.92 Å². The summed E-state index contributed by atoms with van der Waals surface area (Å²) in [5.41, 5.74) is 15.0. The van der Waals surface area contributed by atoms with Crippen LogP contribution >= 0.6 is 0 Å². The summed E-state index contributed by atoms with van der Waals surface area (Å²) in [7, 11) is 0. The van der Waals surface area contributed by atoms with E-state index >= 15 is 0 Å². The van der Waals surface area contributed by atoms with Crippen molar-refractivity contribution in [2.45, 2.75) is 62.1 Å². The van der Waals surface area contributed by atoms with Gasteiger partial charge in [0.05, 0.1) is 29.2 Å². The highest BCUT2D eigenvalue weighted by Gasteiger charge is 2.42. The molecule has 0 amide bonds. The Morgan fingerprint density at radius 1 is 0.846 bits per heavy atom. The lowest BCUT2D eigenvalue weighted by molar-refractivity contribution is 0.398. The predicted octanol–water partition coefficient (Wildman–Crippen LogP) is 10.7. The van der Waals surface area contributed by atoms with Gasteiger partial charge >= 0.3 is 0 Å². The Balaban J connectivity index is 0.980. The van der Waals surface area contributed by atoms with Crippen LogP contribution in [0.1, 0.15) is 61.3 Å². The monoisotopic (exact) mass is 675 g/mol. The Hall–Kier alpha value is -5.54. The van der Waals surface area contributed by atoms with Gasteiger partial charge in [-0.25, -0.2) is 0 Å². The summed E-state index contributed by atoms with van der Waals surface area (Å²) < 4.78 is 9.33. The third-order valence-corrected chi connectivity index (χ3v) is 12.6. The first-order chi connectivity index (χ1) is 25.6. The maximum absolute atomic E-state index is 6.79. The van der Waals surface area contributed by atoms with E-state index in [1.54, 1.807) is 0 Å². The van der Waals surface area contributed by atoms with Crippen LogP contribution in [0.15, 0.2) is 162 Å². The summed E-state index contributed by atoms with van der Waals surface area (Å²) in [4.78, 5) is 0. The number of nitrogens with zero attached hydrogens (tertiary/aromatic N) is 1. The molecule has 6 unspecified atom stereocenters. The Bertz CT molecular complexity index is 2540. The number of nitrogens with one attached hydrogen (secondary N) is 2. The molecule has 0 fully saturated rings. The number of allylic oxidation sites excluding steroid dienone is 5. The van der Waals surface area contributed by atoms with Crippen LogP contribution < -0.4 is 15.4 Å². The van der Waals surface area contributed by atoms with Gasteiger partial charge in [0, 0.05) is 50.5 Å². The first kappa shape index (κ1) is 30.1. The molecule has 4 nitrogen and oxygen atoms in total. The van der Waals surface area contributed by atoms with Crippen LogP contribution in [0.2, 0.25) is 0 Å². The van der Waals surface area contributed by atoms with Crippen molar-refractivity contribution < 1.29 is 4.74 Å². The number of aromatic nitrogens is 1. The Morgan fingerprint density at radius 3 is 2.65 bits per heavy atom. The second-order valence-corrected chi connectivity index (χ2v) is 15.5. The molecule has 2 N–H and O–H groups in total. The molecule has 3 aliphatic carbocycles. The lowest BCUT2D eigenvalue weighted by Gasteiger charge is -2.41. The molecule has 0 radical (unpaired) electrons. The molecule has 254 valence electrons. The second-order valence-electron chi connectivity index (χ2n) is 15.5. The third kappa shape index (κ3) is 4.51. The number of hydrogen-bond acceptors (Lipinski definition) is 3. The highest BCUT2D eigenvalue weighted by atomic mass is 16.5. The van der Waals surface area contributed by atoms with E-state index in [0.717, 1.165) is 37.2 Å². The predicted molar refractivity (Wildman–Crippen MR) is 211 cm³/mol. The fourth-order valence-electron chi connectivity index (χ4n) is 9.88. The second kappa shape index (κ2) is 11.5. The summed E-state index contributed by atoms with van der Waals surface area (Å²) in [6.45, 7) is 2.34. The molecule has 4 aromatic carbocycles. The average molecular weight is 676 g/mol. The minimum Gasteiger partial charge on any atom is -0.457 e. The molecule has 0 bridgehead atoms. The van der Waals surface area contributed by atoms with Gasteiger partial charge in [0.1, 0.15) is 11.5 Å². The summed E-state index contributed by atoms with van der Waals surface area (Å²) in [6.07, 6.45) is 23.2. The fraction of sp³-hybridized carbons (Fsp3) is 0.229. The van der Waals surface area contributed by atoms with Crippen molar-refractivity contribution >= 4 is 27.5 Å². The lowest BCUT2D eigenvalue weighted by atomic mass is 9.71. The van der Waals surface area contributed by atoms with Crippen molar-refractivity contribution in [2.24, 2.45) is 5.92 Å². The van der Waals surface area contributed by atoms with Crippen molar-refractivity contribution in [3.63, 3.8) is 0 Å². The van der Waals surface area contributed by atoms with Crippen molar-refractivity contribution in [3.05, 3.63) is 179 Å². The van der Waals surface area contributed by atoms with E-state index in [1.165, 1.54) is 61.0 Å². The molecule has 1 aromatic heterocycles. The topological polar surface area (TPSA) is 38.2 Å². The van der Waals surface area contributed by atoms with Crippen LogP contribution in [0.5, 0.6) is 11.5 Å². The molecule has 6 aliphatic rings. The molecule has 3 aliphatic heterocycles. The third-order valence-electron chi connectivity index (χ3n) is 12.6. The maximum Gasteiger partial charge on any atom is 0.132 e. The molecular weight excluding hydrogens is 635 g/mol. The standard InChI is InChI=1S/C48H41N3O/c1-48-26-10-17-38(48)36-16-6-8-19-44(36)52-45-28-37-35-15-5-7-18-42(35)51(43(37)29-39(45)48)34-14-9-13-33(27-34)41-25-23-32-21-20-31-22-24-40(30-11-3-2-4-12-30)49-46(31)47(32)50-41/h2-8,11-13,15-21,23,25-29,32,38,40-41,47,49-50H,9,14,22,24H2,1H3. The number of para-hydroxylation sites is 2.